The maximum atomic E-state index is 9.38. The Bertz CT molecular complexity index is 531. The molecule has 1 aliphatic rings. The van der Waals surface area contributed by atoms with E-state index >= 15 is 0 Å². The number of benzene rings is 2. The molecule has 0 spiro atoms. The van der Waals surface area contributed by atoms with Crippen molar-refractivity contribution < 1.29 is 5.11 Å². The fourth-order valence-corrected chi connectivity index (χ4v) is 2.19. The Kier molecular flexibility index (Phi) is 2.11. The molecule has 0 saturated heterocycles. The molecule has 0 heterocycles. The van der Waals surface area contributed by atoms with Crippen molar-refractivity contribution in [3.8, 4) is 5.75 Å². The van der Waals surface area contributed by atoms with Gasteiger partial charge in [0.1, 0.15) is 5.75 Å². The molecule has 1 saturated carbocycles. The maximum absolute atomic E-state index is 9.38. The topological polar surface area (TPSA) is 46.2 Å². The van der Waals surface area contributed by atoms with Crippen LogP contribution in [0.3, 0.4) is 0 Å². The molecular weight excluding hydrogens is 198 g/mol. The number of fused-ring (bicyclic) bond motifs is 1. The molecule has 2 nitrogen and oxygen atoms in total. The van der Waals surface area contributed by atoms with E-state index in [1.165, 1.54) is 18.4 Å². The highest BCUT2D eigenvalue weighted by Crippen LogP contribution is 2.40. The van der Waals surface area contributed by atoms with Crippen LogP contribution in [0.4, 0.5) is 0 Å². The third kappa shape index (κ3) is 1.65. The summed E-state index contributed by atoms with van der Waals surface area (Å²) in [5.74, 6) is 0.987. The zero-order valence-electron chi connectivity index (χ0n) is 9.06. The summed E-state index contributed by atoms with van der Waals surface area (Å²) in [6, 6.07) is 11.9. The summed E-state index contributed by atoms with van der Waals surface area (Å²) in [6.07, 6.45) is 2.52. The Morgan fingerprint density at radius 1 is 1.06 bits per heavy atom. The molecule has 0 unspecified atom stereocenters. The van der Waals surface area contributed by atoms with E-state index in [1.54, 1.807) is 12.1 Å². The smallest absolute Gasteiger partial charge is 0.116 e. The molecule has 82 valence electrons. The van der Waals surface area contributed by atoms with Gasteiger partial charge in [-0.25, -0.2) is 0 Å². The van der Waals surface area contributed by atoms with Crippen LogP contribution < -0.4 is 5.73 Å². The van der Waals surface area contributed by atoms with Gasteiger partial charge in [-0.1, -0.05) is 18.2 Å². The van der Waals surface area contributed by atoms with Gasteiger partial charge in [-0.15, -0.1) is 0 Å². The average molecular weight is 213 g/mol. The van der Waals surface area contributed by atoms with Crippen molar-refractivity contribution in [2.24, 2.45) is 11.7 Å². The van der Waals surface area contributed by atoms with E-state index in [0.717, 1.165) is 10.8 Å². The fraction of sp³-hybridized carbons (Fsp3) is 0.286. The number of nitrogens with two attached hydrogens (primary N) is 1. The molecule has 0 aromatic heterocycles. The van der Waals surface area contributed by atoms with Crippen molar-refractivity contribution in [3.63, 3.8) is 0 Å². The van der Waals surface area contributed by atoms with Crippen LogP contribution in [0.1, 0.15) is 24.4 Å². The summed E-state index contributed by atoms with van der Waals surface area (Å²) in [6.45, 7) is 0. The van der Waals surface area contributed by atoms with Gasteiger partial charge in [-0.2, -0.15) is 0 Å². The normalized spacial score (nSPS) is 17.6. The number of phenolic OH excluding ortho intramolecular Hbond substituents is 1. The Morgan fingerprint density at radius 3 is 2.50 bits per heavy atom. The average Bonchev–Trinajstić information content (AvgIpc) is 3.11. The summed E-state index contributed by atoms with van der Waals surface area (Å²) >= 11 is 0. The molecule has 0 aliphatic heterocycles. The Labute approximate surface area is 94.7 Å². The first kappa shape index (κ1) is 9.67. The summed E-state index contributed by atoms with van der Waals surface area (Å²) < 4.78 is 0. The molecule has 0 bridgehead atoms. The Morgan fingerprint density at radius 2 is 1.75 bits per heavy atom. The van der Waals surface area contributed by atoms with Gasteiger partial charge < -0.3 is 10.8 Å². The first-order valence-corrected chi connectivity index (χ1v) is 5.72. The minimum Gasteiger partial charge on any atom is -0.508 e. The van der Waals surface area contributed by atoms with Crippen LogP contribution in [0.5, 0.6) is 5.75 Å². The van der Waals surface area contributed by atoms with Crippen LogP contribution in [-0.4, -0.2) is 5.11 Å². The number of aromatic hydroxyl groups is 1. The van der Waals surface area contributed by atoms with Crippen LogP contribution in [0.2, 0.25) is 0 Å². The maximum Gasteiger partial charge on any atom is 0.116 e. The minimum atomic E-state index is 0.179. The molecule has 3 rings (SSSR count). The lowest BCUT2D eigenvalue weighted by molar-refractivity contribution is 0.476. The van der Waals surface area contributed by atoms with Crippen molar-refractivity contribution in [3.05, 3.63) is 42.0 Å². The lowest BCUT2D eigenvalue weighted by Crippen LogP contribution is -2.11. The second kappa shape index (κ2) is 3.49. The predicted octanol–water partition coefficient (Wildman–Crippen LogP) is 2.96. The van der Waals surface area contributed by atoms with E-state index in [-0.39, 0.29) is 6.04 Å². The Balaban J connectivity index is 2.05. The van der Waals surface area contributed by atoms with Gasteiger partial charge in [0.05, 0.1) is 0 Å². The van der Waals surface area contributed by atoms with Crippen LogP contribution in [0.25, 0.3) is 10.8 Å². The van der Waals surface area contributed by atoms with Gasteiger partial charge in [-0.05, 0) is 53.3 Å². The first-order valence-electron chi connectivity index (χ1n) is 5.72. The third-order valence-electron chi connectivity index (χ3n) is 3.36. The highest BCUT2D eigenvalue weighted by atomic mass is 16.3. The quantitative estimate of drug-likeness (QED) is 0.805. The van der Waals surface area contributed by atoms with Crippen molar-refractivity contribution in [1.82, 2.24) is 0 Å². The first-order chi connectivity index (χ1) is 7.74. The predicted molar refractivity (Wildman–Crippen MR) is 65.3 cm³/mol. The van der Waals surface area contributed by atoms with Gasteiger partial charge in [0.2, 0.25) is 0 Å². The van der Waals surface area contributed by atoms with Gasteiger partial charge in [0.25, 0.3) is 0 Å². The van der Waals surface area contributed by atoms with Crippen molar-refractivity contribution >= 4 is 10.8 Å². The largest absolute Gasteiger partial charge is 0.508 e. The number of phenols is 1. The number of rotatable bonds is 2. The van der Waals surface area contributed by atoms with E-state index in [1.807, 2.05) is 12.1 Å². The molecule has 1 atom stereocenters. The minimum absolute atomic E-state index is 0.179. The molecule has 0 amide bonds. The van der Waals surface area contributed by atoms with Gasteiger partial charge >= 0.3 is 0 Å². The molecule has 2 aromatic rings. The lowest BCUT2D eigenvalue weighted by Gasteiger charge is -2.11. The van der Waals surface area contributed by atoms with E-state index in [4.69, 9.17) is 5.73 Å². The monoisotopic (exact) mass is 213 g/mol. The van der Waals surface area contributed by atoms with Crippen molar-refractivity contribution in [2.75, 3.05) is 0 Å². The summed E-state index contributed by atoms with van der Waals surface area (Å²) in [7, 11) is 0. The van der Waals surface area contributed by atoms with Crippen molar-refractivity contribution in [2.45, 2.75) is 18.9 Å². The van der Waals surface area contributed by atoms with Crippen LogP contribution in [-0.2, 0) is 0 Å². The SMILES string of the molecule is N[C@@H](c1ccc2cc(O)ccc2c1)C1CC1. The second-order valence-corrected chi connectivity index (χ2v) is 4.65. The molecule has 3 N–H and O–H groups in total. The highest BCUT2D eigenvalue weighted by Gasteiger charge is 2.29. The van der Waals surface area contributed by atoms with E-state index in [9.17, 15) is 5.11 Å². The molecule has 16 heavy (non-hydrogen) atoms. The zero-order chi connectivity index (χ0) is 11.1. The zero-order valence-corrected chi connectivity index (χ0v) is 9.06. The van der Waals surface area contributed by atoms with Crippen LogP contribution >= 0.6 is 0 Å². The van der Waals surface area contributed by atoms with Crippen molar-refractivity contribution in [1.29, 1.82) is 0 Å². The number of hydrogen-bond donors (Lipinski definition) is 2. The molecule has 2 aromatic carbocycles. The van der Waals surface area contributed by atoms with Gasteiger partial charge in [0.15, 0.2) is 0 Å². The van der Waals surface area contributed by atoms with E-state index < -0.39 is 0 Å². The molecule has 0 radical (unpaired) electrons. The van der Waals surface area contributed by atoms with E-state index in [2.05, 4.69) is 12.1 Å². The van der Waals surface area contributed by atoms with Crippen LogP contribution in [0, 0.1) is 5.92 Å². The van der Waals surface area contributed by atoms with Gasteiger partial charge in [0, 0.05) is 6.04 Å². The molecule has 1 aliphatic carbocycles. The molecule has 2 heteroatoms. The fourth-order valence-electron chi connectivity index (χ4n) is 2.19. The molecular formula is C14H15NO. The second-order valence-electron chi connectivity index (χ2n) is 4.65. The van der Waals surface area contributed by atoms with Gasteiger partial charge in [-0.3, -0.25) is 0 Å². The highest BCUT2D eigenvalue weighted by molar-refractivity contribution is 5.84. The van der Waals surface area contributed by atoms with Crippen LogP contribution in [0.15, 0.2) is 36.4 Å². The Hall–Kier alpha value is -1.54. The summed E-state index contributed by atoms with van der Waals surface area (Å²) in [4.78, 5) is 0. The molecule has 1 fully saturated rings. The van der Waals surface area contributed by atoms with E-state index in [0.29, 0.717) is 11.7 Å². The number of hydrogen-bond acceptors (Lipinski definition) is 2. The summed E-state index contributed by atoms with van der Waals surface area (Å²) in [5, 5.41) is 11.6. The lowest BCUT2D eigenvalue weighted by atomic mass is 9.99. The third-order valence-corrected chi connectivity index (χ3v) is 3.36. The summed E-state index contributed by atoms with van der Waals surface area (Å²) in [5.41, 5.74) is 7.38. The standard InChI is InChI=1S/C14H15NO/c15-14(9-1-2-9)12-4-3-11-8-13(16)6-5-10(11)7-12/h3-9,14,16H,1-2,15H2/t14-/m1/s1.